The van der Waals surface area contributed by atoms with Gasteiger partial charge in [-0.05, 0) is 62.9 Å². The van der Waals surface area contributed by atoms with Crippen LogP contribution in [0.25, 0.3) is 0 Å². The molecular weight excluding hydrogens is 413 g/mol. The zero-order valence-electron chi connectivity index (χ0n) is 16.7. The molecule has 7 nitrogen and oxygen atoms in total. The number of amides is 1. The number of nitrogens with zero attached hydrogens (tertiary/aromatic N) is 2. The van der Waals surface area contributed by atoms with Crippen LogP contribution in [0, 0.1) is 11.3 Å². The molecule has 1 spiro atoms. The lowest BCUT2D eigenvalue weighted by atomic mass is 9.77. The van der Waals surface area contributed by atoms with Crippen LogP contribution < -0.4 is 16.2 Å². The van der Waals surface area contributed by atoms with Crippen molar-refractivity contribution in [2.24, 2.45) is 11.3 Å². The monoisotopic (exact) mass is 443 g/mol. The van der Waals surface area contributed by atoms with Crippen LogP contribution in [0.4, 0.5) is 0 Å². The summed E-state index contributed by atoms with van der Waals surface area (Å²) in [5, 5.41) is 6.91. The van der Waals surface area contributed by atoms with E-state index in [4.69, 9.17) is 4.98 Å². The lowest BCUT2D eigenvalue weighted by Crippen LogP contribution is -2.47. The second kappa shape index (κ2) is 8.92. The van der Waals surface area contributed by atoms with Gasteiger partial charge in [-0.15, -0.1) is 24.8 Å². The molecule has 2 saturated heterocycles. The van der Waals surface area contributed by atoms with Gasteiger partial charge in [-0.25, -0.2) is 4.98 Å². The molecule has 9 heteroatoms. The topological polar surface area (TPSA) is 90.1 Å². The Balaban J connectivity index is 0.00000120. The maximum atomic E-state index is 13.1. The SMILES string of the molecule is Cl.Cl.O=C(C1CC2(CCNCC2)CN1)N1CCc2c(nc(CC3CC3)[nH]c2=O)C1. The number of piperidine rings is 1. The normalized spacial score (nSPS) is 25.1. The molecule has 3 N–H and O–H groups in total. The van der Waals surface area contributed by atoms with Crippen molar-refractivity contribution in [3.8, 4) is 0 Å². The molecule has 4 aliphatic rings. The van der Waals surface area contributed by atoms with E-state index in [1.54, 1.807) is 0 Å². The molecule has 4 heterocycles. The van der Waals surface area contributed by atoms with Crippen molar-refractivity contribution in [3.63, 3.8) is 0 Å². The highest BCUT2D eigenvalue weighted by Crippen LogP contribution is 2.38. The number of carbonyl (C=O) groups excluding carboxylic acids is 1. The first kappa shape index (κ1) is 22.5. The smallest absolute Gasteiger partial charge is 0.254 e. The summed E-state index contributed by atoms with van der Waals surface area (Å²) in [4.78, 5) is 35.1. The van der Waals surface area contributed by atoms with Crippen LogP contribution in [0.5, 0.6) is 0 Å². The number of rotatable bonds is 3. The molecule has 0 aromatic carbocycles. The quantitative estimate of drug-likeness (QED) is 0.652. The molecule has 162 valence electrons. The Morgan fingerprint density at radius 1 is 1.21 bits per heavy atom. The number of hydrogen-bond acceptors (Lipinski definition) is 5. The molecule has 3 aliphatic heterocycles. The number of aromatic nitrogens is 2. The largest absolute Gasteiger partial charge is 0.335 e. The van der Waals surface area contributed by atoms with E-state index in [1.165, 1.54) is 12.8 Å². The van der Waals surface area contributed by atoms with Gasteiger partial charge in [0.05, 0.1) is 18.3 Å². The van der Waals surface area contributed by atoms with Crippen LogP contribution in [-0.4, -0.2) is 53.0 Å². The van der Waals surface area contributed by atoms with Gasteiger partial charge in [0.2, 0.25) is 5.91 Å². The maximum Gasteiger partial charge on any atom is 0.254 e. The third-order valence-electron chi connectivity index (χ3n) is 6.94. The Morgan fingerprint density at radius 3 is 2.69 bits per heavy atom. The fourth-order valence-corrected chi connectivity index (χ4v) is 5.02. The minimum Gasteiger partial charge on any atom is -0.335 e. The molecule has 1 aromatic heterocycles. The fourth-order valence-electron chi connectivity index (χ4n) is 5.02. The Bertz CT molecular complexity index is 805. The summed E-state index contributed by atoms with van der Waals surface area (Å²) in [5.41, 5.74) is 1.86. The molecule has 1 saturated carbocycles. The number of hydrogen-bond donors (Lipinski definition) is 3. The summed E-state index contributed by atoms with van der Waals surface area (Å²) < 4.78 is 0. The van der Waals surface area contributed by atoms with E-state index >= 15 is 0 Å². The minimum absolute atomic E-state index is 0. The van der Waals surface area contributed by atoms with E-state index < -0.39 is 0 Å². The van der Waals surface area contributed by atoms with Gasteiger partial charge in [-0.3, -0.25) is 9.59 Å². The first-order valence-electron chi connectivity index (χ1n) is 10.5. The van der Waals surface area contributed by atoms with E-state index in [0.717, 1.165) is 62.4 Å². The zero-order valence-corrected chi connectivity index (χ0v) is 18.3. The summed E-state index contributed by atoms with van der Waals surface area (Å²) >= 11 is 0. The Labute approximate surface area is 183 Å². The van der Waals surface area contributed by atoms with Gasteiger partial charge in [0, 0.05) is 25.1 Å². The number of H-pyrrole nitrogens is 1. The van der Waals surface area contributed by atoms with Gasteiger partial charge in [-0.1, -0.05) is 0 Å². The molecule has 3 fully saturated rings. The second-order valence-electron chi connectivity index (χ2n) is 8.98. The van der Waals surface area contributed by atoms with Crippen molar-refractivity contribution in [1.82, 2.24) is 25.5 Å². The number of aromatic amines is 1. The van der Waals surface area contributed by atoms with Gasteiger partial charge < -0.3 is 20.5 Å². The summed E-state index contributed by atoms with van der Waals surface area (Å²) in [7, 11) is 0. The van der Waals surface area contributed by atoms with Crippen molar-refractivity contribution >= 4 is 30.7 Å². The molecule has 0 radical (unpaired) electrons. The van der Waals surface area contributed by atoms with Crippen LogP contribution in [-0.2, 0) is 24.2 Å². The number of nitrogens with one attached hydrogen (secondary N) is 3. The maximum absolute atomic E-state index is 13.1. The number of halogens is 2. The van der Waals surface area contributed by atoms with Crippen molar-refractivity contribution in [2.75, 3.05) is 26.2 Å². The lowest BCUT2D eigenvalue weighted by Gasteiger charge is -2.34. The van der Waals surface area contributed by atoms with Crippen LogP contribution >= 0.6 is 24.8 Å². The Morgan fingerprint density at radius 2 is 1.97 bits per heavy atom. The van der Waals surface area contributed by atoms with Gasteiger partial charge in [-0.2, -0.15) is 0 Å². The van der Waals surface area contributed by atoms with Crippen LogP contribution in [0.2, 0.25) is 0 Å². The molecule has 1 aliphatic carbocycles. The summed E-state index contributed by atoms with van der Waals surface area (Å²) in [6.45, 7) is 4.14. The highest BCUT2D eigenvalue weighted by molar-refractivity contribution is 5.85. The molecule has 1 unspecified atom stereocenters. The van der Waals surface area contributed by atoms with Gasteiger partial charge in [0.1, 0.15) is 5.82 Å². The molecule has 0 bridgehead atoms. The van der Waals surface area contributed by atoms with E-state index in [9.17, 15) is 9.59 Å². The average Bonchev–Trinajstić information content (AvgIpc) is 3.40. The van der Waals surface area contributed by atoms with E-state index in [-0.39, 0.29) is 47.7 Å². The highest BCUT2D eigenvalue weighted by Gasteiger charge is 2.43. The van der Waals surface area contributed by atoms with E-state index in [1.807, 2.05) is 4.90 Å². The first-order chi connectivity index (χ1) is 13.1. The molecule has 5 rings (SSSR count). The highest BCUT2D eigenvalue weighted by atomic mass is 35.5. The van der Waals surface area contributed by atoms with E-state index in [2.05, 4.69) is 15.6 Å². The molecule has 29 heavy (non-hydrogen) atoms. The number of carbonyl (C=O) groups is 1. The predicted octanol–water partition coefficient (Wildman–Crippen LogP) is 1.18. The lowest BCUT2D eigenvalue weighted by molar-refractivity contribution is -0.134. The minimum atomic E-state index is -0.0856. The molecule has 1 amide bonds. The van der Waals surface area contributed by atoms with Crippen molar-refractivity contribution < 1.29 is 4.79 Å². The third-order valence-corrected chi connectivity index (χ3v) is 6.94. The van der Waals surface area contributed by atoms with E-state index in [0.29, 0.717) is 25.4 Å². The summed E-state index contributed by atoms with van der Waals surface area (Å²) in [6, 6.07) is -0.0856. The summed E-state index contributed by atoms with van der Waals surface area (Å²) in [6.07, 6.45) is 7.16. The Hall–Kier alpha value is -1.15. The standard InChI is InChI=1S/C20H29N5O2.2ClH/c26-18-14-3-8-25(11-16(14)23-17(24-18)9-13-1-2-13)19(27)15-10-20(12-22-15)4-6-21-7-5-20;;/h13,15,21-22H,1-12H2,(H,23,24,26);2*1H. The summed E-state index contributed by atoms with van der Waals surface area (Å²) in [5.74, 6) is 1.65. The van der Waals surface area contributed by atoms with Crippen molar-refractivity contribution in [1.29, 1.82) is 0 Å². The van der Waals surface area contributed by atoms with Crippen LogP contribution in [0.15, 0.2) is 4.79 Å². The van der Waals surface area contributed by atoms with Crippen molar-refractivity contribution in [2.45, 2.75) is 57.5 Å². The second-order valence-corrected chi connectivity index (χ2v) is 8.98. The van der Waals surface area contributed by atoms with Gasteiger partial charge in [0.25, 0.3) is 5.56 Å². The third kappa shape index (κ3) is 4.63. The molecule has 1 atom stereocenters. The van der Waals surface area contributed by atoms with Crippen molar-refractivity contribution in [3.05, 3.63) is 27.4 Å². The van der Waals surface area contributed by atoms with Crippen LogP contribution in [0.1, 0.15) is 49.2 Å². The Kier molecular flexibility index (Phi) is 6.93. The average molecular weight is 444 g/mol. The predicted molar refractivity (Wildman–Crippen MR) is 116 cm³/mol. The first-order valence-corrected chi connectivity index (χ1v) is 10.5. The van der Waals surface area contributed by atoms with Crippen LogP contribution in [0.3, 0.4) is 0 Å². The molecule has 1 aromatic rings. The fraction of sp³-hybridized carbons (Fsp3) is 0.750. The van der Waals surface area contributed by atoms with Gasteiger partial charge >= 0.3 is 0 Å². The molecular formula is C20H31Cl2N5O2. The number of fused-ring (bicyclic) bond motifs is 1. The van der Waals surface area contributed by atoms with Gasteiger partial charge in [0.15, 0.2) is 0 Å². The zero-order chi connectivity index (χ0) is 18.4.